The van der Waals surface area contributed by atoms with Crippen LogP contribution in [0.2, 0.25) is 15.1 Å². The molecule has 2 aromatic carbocycles. The van der Waals surface area contributed by atoms with E-state index in [4.69, 9.17) is 34.8 Å². The summed E-state index contributed by atoms with van der Waals surface area (Å²) in [4.78, 5) is 31.0. The van der Waals surface area contributed by atoms with E-state index in [9.17, 15) is 14.9 Å². The molecule has 0 aliphatic carbocycles. The number of nitrogens with zero attached hydrogens (tertiary/aromatic N) is 3. The first kappa shape index (κ1) is 21.1. The molecule has 12 heteroatoms. The highest BCUT2D eigenvalue weighted by molar-refractivity contribution is 6.44. The largest absolute Gasteiger partial charge is 0.357 e. The van der Waals surface area contributed by atoms with Gasteiger partial charge < -0.3 is 0 Å². The van der Waals surface area contributed by atoms with Crippen molar-refractivity contribution in [1.29, 1.82) is 0 Å². The first-order chi connectivity index (χ1) is 14.7. The van der Waals surface area contributed by atoms with Crippen LogP contribution >= 0.6 is 34.8 Å². The predicted molar refractivity (Wildman–Crippen MR) is 119 cm³/mol. The number of nitro benzene ring substituents is 1. The zero-order valence-corrected chi connectivity index (χ0v) is 18.1. The summed E-state index contributed by atoms with van der Waals surface area (Å²) in [6.45, 7) is 1.68. The number of rotatable bonds is 3. The molecule has 9 nitrogen and oxygen atoms in total. The molecule has 3 aromatic rings. The van der Waals surface area contributed by atoms with Gasteiger partial charge in [-0.15, -0.1) is 0 Å². The second-order valence-corrected chi connectivity index (χ2v) is 7.86. The third-order valence-electron chi connectivity index (χ3n) is 4.55. The Morgan fingerprint density at radius 3 is 2.71 bits per heavy atom. The fraction of sp³-hybridized carbons (Fsp3) is 0.105. The lowest BCUT2D eigenvalue weighted by Gasteiger charge is -2.23. The van der Waals surface area contributed by atoms with Gasteiger partial charge in [0.2, 0.25) is 0 Å². The van der Waals surface area contributed by atoms with Crippen LogP contribution in [0.5, 0.6) is 0 Å². The van der Waals surface area contributed by atoms with Gasteiger partial charge >= 0.3 is 5.96 Å². The number of halogens is 3. The maximum Gasteiger partial charge on any atom is 0.357 e. The van der Waals surface area contributed by atoms with Crippen molar-refractivity contribution < 1.29 is 9.92 Å². The quantitative estimate of drug-likeness (QED) is 0.392. The Hall–Kier alpha value is -3.14. The number of non-ortho nitro benzene ring substituents is 1. The van der Waals surface area contributed by atoms with Crippen molar-refractivity contribution in [2.45, 2.75) is 13.1 Å². The number of guanidine groups is 1. The molecule has 3 N–H and O–H groups in total. The fourth-order valence-corrected chi connectivity index (χ4v) is 3.73. The van der Waals surface area contributed by atoms with Crippen molar-refractivity contribution in [3.05, 3.63) is 89.3 Å². The van der Waals surface area contributed by atoms with Gasteiger partial charge in [-0.1, -0.05) is 40.9 Å². The van der Waals surface area contributed by atoms with Gasteiger partial charge in [-0.05, 0) is 25.1 Å². The maximum absolute atomic E-state index is 12.8. The van der Waals surface area contributed by atoms with Crippen molar-refractivity contribution in [3.8, 4) is 0 Å². The van der Waals surface area contributed by atoms with E-state index in [0.717, 1.165) is 0 Å². The standard InChI is InChI=1S/C19H13Cl3N6O3/c1-9-7-15(29)27-17(11-8-10(28(30)31)5-6-12(11)20)25-18(26-19(27)23-9)24-14-4-2-3-13(21)16(14)22/h2-8,17H,1H3,(H2,23,24,25,26)/p+1. The van der Waals surface area contributed by atoms with E-state index >= 15 is 0 Å². The SMILES string of the molecule is Cc1cc(=O)n2c(n1)NC(Nc1cccc(Cl)c1Cl)=[NH+]C2c1cc([N+](=O)[O-])ccc1Cl. The maximum atomic E-state index is 12.8. The minimum absolute atomic E-state index is 0.165. The number of nitro groups is 1. The zero-order valence-electron chi connectivity index (χ0n) is 15.8. The van der Waals surface area contributed by atoms with E-state index in [-0.39, 0.29) is 22.2 Å². The van der Waals surface area contributed by atoms with Crippen LogP contribution in [0.1, 0.15) is 17.4 Å². The molecule has 1 aliphatic rings. The first-order valence-electron chi connectivity index (χ1n) is 8.90. The molecule has 1 aromatic heterocycles. The lowest BCUT2D eigenvalue weighted by molar-refractivity contribution is -0.520. The lowest BCUT2D eigenvalue weighted by Crippen LogP contribution is -2.82. The highest BCUT2D eigenvalue weighted by Gasteiger charge is 2.31. The van der Waals surface area contributed by atoms with Crippen LogP contribution in [0.4, 0.5) is 17.3 Å². The molecule has 4 rings (SSSR count). The Morgan fingerprint density at radius 1 is 1.19 bits per heavy atom. The molecule has 31 heavy (non-hydrogen) atoms. The Balaban J connectivity index is 1.88. The van der Waals surface area contributed by atoms with Gasteiger partial charge in [0.15, 0.2) is 6.17 Å². The smallest absolute Gasteiger partial charge is 0.269 e. The van der Waals surface area contributed by atoms with E-state index in [0.29, 0.717) is 32.9 Å². The molecular formula is C19H14Cl3N6O3+. The van der Waals surface area contributed by atoms with Gasteiger partial charge in [-0.2, -0.15) is 0 Å². The molecule has 0 saturated carbocycles. The van der Waals surface area contributed by atoms with Crippen LogP contribution in [0.3, 0.4) is 0 Å². The summed E-state index contributed by atoms with van der Waals surface area (Å²) in [6, 6.07) is 10.4. The van der Waals surface area contributed by atoms with Crippen molar-refractivity contribution >= 4 is 58.1 Å². The summed E-state index contributed by atoms with van der Waals surface area (Å²) >= 11 is 18.7. The Morgan fingerprint density at radius 2 is 1.97 bits per heavy atom. The fourth-order valence-electron chi connectivity index (χ4n) is 3.17. The van der Waals surface area contributed by atoms with E-state index < -0.39 is 11.1 Å². The normalized spacial score (nSPS) is 15.0. The molecule has 0 saturated heterocycles. The zero-order chi connectivity index (χ0) is 22.3. The third kappa shape index (κ3) is 4.07. The van der Waals surface area contributed by atoms with Crippen molar-refractivity contribution in [2.75, 3.05) is 10.6 Å². The topological polar surface area (TPSA) is 116 Å². The lowest BCUT2D eigenvalue weighted by atomic mass is 10.1. The number of aryl methyl sites for hydroxylation is 1. The van der Waals surface area contributed by atoms with Crippen LogP contribution in [0.15, 0.2) is 47.3 Å². The second-order valence-electron chi connectivity index (χ2n) is 6.67. The Kier molecular flexibility index (Phi) is 5.57. The van der Waals surface area contributed by atoms with Gasteiger partial charge in [-0.25, -0.2) is 20.2 Å². The van der Waals surface area contributed by atoms with E-state index in [1.807, 2.05) is 0 Å². The van der Waals surface area contributed by atoms with Crippen LogP contribution in [0.25, 0.3) is 0 Å². The molecule has 0 fully saturated rings. The monoisotopic (exact) mass is 479 g/mol. The summed E-state index contributed by atoms with van der Waals surface area (Å²) in [5, 5.41) is 18.2. The van der Waals surface area contributed by atoms with Crippen LogP contribution in [0, 0.1) is 17.0 Å². The Bertz CT molecular complexity index is 1310. The molecule has 1 unspecified atom stereocenters. The van der Waals surface area contributed by atoms with Crippen LogP contribution in [-0.4, -0.2) is 20.4 Å². The highest BCUT2D eigenvalue weighted by atomic mass is 35.5. The van der Waals surface area contributed by atoms with E-state index in [2.05, 4.69) is 20.6 Å². The van der Waals surface area contributed by atoms with Crippen LogP contribution in [-0.2, 0) is 0 Å². The summed E-state index contributed by atoms with van der Waals surface area (Å²) < 4.78 is 1.32. The molecule has 1 aliphatic heterocycles. The molecule has 2 heterocycles. The third-order valence-corrected chi connectivity index (χ3v) is 5.72. The van der Waals surface area contributed by atoms with Gasteiger partial charge in [0.25, 0.3) is 17.2 Å². The van der Waals surface area contributed by atoms with E-state index in [1.165, 1.54) is 28.8 Å². The van der Waals surface area contributed by atoms with Gasteiger partial charge in [0, 0.05) is 34.5 Å². The Labute approximate surface area is 190 Å². The van der Waals surface area contributed by atoms with Crippen molar-refractivity contribution in [1.82, 2.24) is 9.55 Å². The number of nitrogens with one attached hydrogen (secondary N) is 3. The number of hydrogen-bond donors (Lipinski definition) is 3. The average molecular weight is 481 g/mol. The average Bonchev–Trinajstić information content (AvgIpc) is 2.70. The summed E-state index contributed by atoms with van der Waals surface area (Å²) in [7, 11) is 0. The van der Waals surface area contributed by atoms with Gasteiger partial charge in [-0.3, -0.25) is 19.9 Å². The summed E-state index contributed by atoms with van der Waals surface area (Å²) in [5.74, 6) is 0.547. The minimum Gasteiger partial charge on any atom is -0.269 e. The number of benzene rings is 2. The first-order valence-corrected chi connectivity index (χ1v) is 10.0. The molecule has 0 bridgehead atoms. The van der Waals surface area contributed by atoms with E-state index in [1.54, 1.807) is 25.1 Å². The second kappa shape index (κ2) is 8.18. The van der Waals surface area contributed by atoms with Crippen LogP contribution < -0.4 is 21.2 Å². The van der Waals surface area contributed by atoms with Gasteiger partial charge in [0.05, 0.1) is 15.0 Å². The number of aromatic nitrogens is 2. The molecule has 1 atom stereocenters. The molecule has 0 radical (unpaired) electrons. The summed E-state index contributed by atoms with van der Waals surface area (Å²) in [6.07, 6.45) is -0.885. The van der Waals surface area contributed by atoms with Crippen molar-refractivity contribution in [2.24, 2.45) is 0 Å². The number of anilines is 2. The molecule has 158 valence electrons. The number of fused-ring (bicyclic) bond motifs is 1. The molecule has 0 amide bonds. The van der Waals surface area contributed by atoms with Crippen molar-refractivity contribution in [3.63, 3.8) is 0 Å². The minimum atomic E-state index is -0.885. The number of hydrogen-bond acceptors (Lipinski definition) is 6. The highest BCUT2D eigenvalue weighted by Crippen LogP contribution is 2.30. The molecule has 0 spiro atoms. The predicted octanol–water partition coefficient (Wildman–Crippen LogP) is 2.94. The summed E-state index contributed by atoms with van der Waals surface area (Å²) in [5.41, 5.74) is 0.783. The molecular weight excluding hydrogens is 467 g/mol. The van der Waals surface area contributed by atoms with Gasteiger partial charge in [0.1, 0.15) is 5.69 Å².